The van der Waals surface area contributed by atoms with Gasteiger partial charge in [0.15, 0.2) is 0 Å². The molecule has 2 atom stereocenters. The molecule has 0 amide bonds. The highest BCUT2D eigenvalue weighted by Crippen LogP contribution is 2.33. The summed E-state index contributed by atoms with van der Waals surface area (Å²) in [5, 5.41) is 4.29. The van der Waals surface area contributed by atoms with Crippen LogP contribution >= 0.6 is 0 Å². The van der Waals surface area contributed by atoms with Gasteiger partial charge in [-0.3, -0.25) is 14.6 Å². The number of hydrogen-bond donors (Lipinski definition) is 0. The van der Waals surface area contributed by atoms with E-state index in [1.165, 1.54) is 0 Å². The Morgan fingerprint density at radius 1 is 1.25 bits per heavy atom. The van der Waals surface area contributed by atoms with Crippen LogP contribution in [0.15, 0.2) is 42.9 Å². The smallest absolute Gasteiger partial charge is 0.105 e. The summed E-state index contributed by atoms with van der Waals surface area (Å²) in [7, 11) is 0. The second-order valence-electron chi connectivity index (χ2n) is 6.77. The van der Waals surface area contributed by atoms with Crippen molar-refractivity contribution in [3.05, 3.63) is 48.5 Å². The predicted octanol–water partition coefficient (Wildman–Crippen LogP) is 1.73. The standard InChI is InChI=1S/C18H24N4O2/c1-2-7-19-16(4-1)12-21-10-11-23-15-18(14-21)6-5-17(24-18)13-22-9-3-8-20-22/h1-4,7-9,17H,5-6,10-15H2/t17-,18-/m0/s1. The van der Waals surface area contributed by atoms with E-state index in [4.69, 9.17) is 9.47 Å². The molecule has 0 unspecified atom stereocenters. The van der Waals surface area contributed by atoms with Gasteiger partial charge in [0.25, 0.3) is 0 Å². The molecule has 0 N–H and O–H groups in total. The molecule has 2 aliphatic heterocycles. The Balaban J connectivity index is 1.40. The van der Waals surface area contributed by atoms with E-state index in [2.05, 4.69) is 21.0 Å². The SMILES string of the molecule is c1ccc(CN2CCOC[C@]3(CC[C@@H](Cn4cccn4)O3)C2)nc1. The highest BCUT2D eigenvalue weighted by atomic mass is 16.6. The maximum Gasteiger partial charge on any atom is 0.105 e. The number of rotatable bonds is 4. The molecule has 0 aliphatic carbocycles. The zero-order valence-electron chi connectivity index (χ0n) is 13.9. The minimum absolute atomic E-state index is 0.191. The molecule has 0 saturated carbocycles. The van der Waals surface area contributed by atoms with Crippen LogP contribution in [0.3, 0.4) is 0 Å². The van der Waals surface area contributed by atoms with Crippen molar-refractivity contribution in [2.24, 2.45) is 0 Å². The monoisotopic (exact) mass is 328 g/mol. The summed E-state index contributed by atoms with van der Waals surface area (Å²) in [4.78, 5) is 6.86. The van der Waals surface area contributed by atoms with E-state index in [9.17, 15) is 0 Å². The Kier molecular flexibility index (Phi) is 4.60. The molecule has 2 saturated heterocycles. The summed E-state index contributed by atoms with van der Waals surface area (Å²) in [6.45, 7) is 4.92. The second-order valence-corrected chi connectivity index (χ2v) is 6.77. The normalized spacial score (nSPS) is 28.2. The van der Waals surface area contributed by atoms with Gasteiger partial charge in [-0.2, -0.15) is 5.10 Å². The Morgan fingerprint density at radius 3 is 3.08 bits per heavy atom. The van der Waals surface area contributed by atoms with Crippen molar-refractivity contribution in [3.8, 4) is 0 Å². The van der Waals surface area contributed by atoms with Crippen LogP contribution in [0.2, 0.25) is 0 Å². The number of aromatic nitrogens is 3. The molecule has 2 aliphatic rings. The van der Waals surface area contributed by atoms with E-state index in [0.29, 0.717) is 6.61 Å². The van der Waals surface area contributed by atoms with Crippen LogP contribution in [0.1, 0.15) is 18.5 Å². The summed E-state index contributed by atoms with van der Waals surface area (Å²) in [5.74, 6) is 0. The number of ether oxygens (including phenoxy) is 2. The van der Waals surface area contributed by atoms with Gasteiger partial charge in [-0.15, -0.1) is 0 Å². The van der Waals surface area contributed by atoms with E-state index < -0.39 is 0 Å². The fraction of sp³-hybridized carbons (Fsp3) is 0.556. The number of hydrogen-bond acceptors (Lipinski definition) is 5. The maximum atomic E-state index is 6.46. The largest absolute Gasteiger partial charge is 0.377 e. The molecule has 6 heteroatoms. The van der Waals surface area contributed by atoms with Crippen LogP contribution in [-0.2, 0) is 22.6 Å². The third-order valence-corrected chi connectivity index (χ3v) is 4.83. The first-order valence-electron chi connectivity index (χ1n) is 8.67. The lowest BCUT2D eigenvalue weighted by molar-refractivity contribution is -0.0905. The van der Waals surface area contributed by atoms with Crippen LogP contribution in [-0.4, -0.2) is 57.7 Å². The quantitative estimate of drug-likeness (QED) is 0.855. The maximum absolute atomic E-state index is 6.46. The van der Waals surface area contributed by atoms with Crippen molar-refractivity contribution in [1.29, 1.82) is 0 Å². The van der Waals surface area contributed by atoms with Gasteiger partial charge in [-0.05, 0) is 31.0 Å². The average Bonchev–Trinajstić information content (AvgIpc) is 3.19. The predicted molar refractivity (Wildman–Crippen MR) is 89.4 cm³/mol. The molecule has 6 nitrogen and oxygen atoms in total. The van der Waals surface area contributed by atoms with Crippen molar-refractivity contribution in [3.63, 3.8) is 0 Å². The van der Waals surface area contributed by atoms with Crippen LogP contribution in [0.4, 0.5) is 0 Å². The van der Waals surface area contributed by atoms with E-state index >= 15 is 0 Å². The van der Waals surface area contributed by atoms with E-state index in [1.54, 1.807) is 0 Å². The third-order valence-electron chi connectivity index (χ3n) is 4.83. The first-order chi connectivity index (χ1) is 11.8. The summed E-state index contributed by atoms with van der Waals surface area (Å²) in [6, 6.07) is 8.03. The molecule has 128 valence electrons. The lowest BCUT2D eigenvalue weighted by atomic mass is 10.00. The Hall–Kier alpha value is -1.76. The molecule has 1 spiro atoms. The molecule has 0 radical (unpaired) electrons. The van der Waals surface area contributed by atoms with Gasteiger partial charge in [-0.1, -0.05) is 6.07 Å². The highest BCUT2D eigenvalue weighted by Gasteiger charge is 2.43. The minimum Gasteiger partial charge on any atom is -0.377 e. The van der Waals surface area contributed by atoms with E-state index in [0.717, 1.165) is 51.3 Å². The van der Waals surface area contributed by atoms with Gasteiger partial charge in [0.05, 0.1) is 31.6 Å². The van der Waals surface area contributed by atoms with Gasteiger partial charge >= 0.3 is 0 Å². The molecule has 0 aromatic carbocycles. The van der Waals surface area contributed by atoms with E-state index in [-0.39, 0.29) is 11.7 Å². The van der Waals surface area contributed by atoms with Gasteiger partial charge < -0.3 is 9.47 Å². The average molecular weight is 328 g/mol. The minimum atomic E-state index is -0.191. The first kappa shape index (κ1) is 15.7. The van der Waals surface area contributed by atoms with Crippen molar-refractivity contribution in [2.45, 2.75) is 37.6 Å². The Bertz CT molecular complexity index is 634. The summed E-state index contributed by atoms with van der Waals surface area (Å²) in [5.41, 5.74) is 0.906. The van der Waals surface area contributed by atoms with Crippen molar-refractivity contribution < 1.29 is 9.47 Å². The fourth-order valence-corrected chi connectivity index (χ4v) is 3.70. The van der Waals surface area contributed by atoms with Gasteiger partial charge in [0, 0.05) is 38.2 Å². The van der Waals surface area contributed by atoms with Crippen LogP contribution < -0.4 is 0 Å². The summed E-state index contributed by atoms with van der Waals surface area (Å²) < 4.78 is 14.3. The van der Waals surface area contributed by atoms with Crippen LogP contribution in [0, 0.1) is 0 Å². The topological polar surface area (TPSA) is 52.4 Å². The summed E-state index contributed by atoms with van der Waals surface area (Å²) in [6.07, 6.45) is 7.96. The van der Waals surface area contributed by atoms with Gasteiger partial charge in [0.1, 0.15) is 5.60 Å². The lowest BCUT2D eigenvalue weighted by Crippen LogP contribution is -2.44. The molecule has 4 heterocycles. The van der Waals surface area contributed by atoms with Gasteiger partial charge in [0.2, 0.25) is 0 Å². The number of nitrogens with zero attached hydrogens (tertiary/aromatic N) is 4. The molecule has 2 aromatic rings. The van der Waals surface area contributed by atoms with Crippen LogP contribution in [0.25, 0.3) is 0 Å². The summed E-state index contributed by atoms with van der Waals surface area (Å²) >= 11 is 0. The van der Waals surface area contributed by atoms with E-state index in [1.807, 2.05) is 41.5 Å². The van der Waals surface area contributed by atoms with Gasteiger partial charge in [-0.25, -0.2) is 0 Å². The van der Waals surface area contributed by atoms with Crippen molar-refractivity contribution >= 4 is 0 Å². The molecular weight excluding hydrogens is 304 g/mol. The fourth-order valence-electron chi connectivity index (χ4n) is 3.70. The van der Waals surface area contributed by atoms with Crippen molar-refractivity contribution in [1.82, 2.24) is 19.7 Å². The molecule has 0 bridgehead atoms. The number of pyridine rings is 1. The zero-order valence-corrected chi connectivity index (χ0v) is 13.9. The molecular formula is C18H24N4O2. The molecule has 2 aromatic heterocycles. The first-order valence-corrected chi connectivity index (χ1v) is 8.67. The Morgan fingerprint density at radius 2 is 2.25 bits per heavy atom. The lowest BCUT2D eigenvalue weighted by Gasteiger charge is -2.31. The Labute approximate surface area is 142 Å². The van der Waals surface area contributed by atoms with Crippen molar-refractivity contribution in [2.75, 3.05) is 26.3 Å². The third kappa shape index (κ3) is 3.66. The highest BCUT2D eigenvalue weighted by molar-refractivity contribution is 5.04. The molecule has 4 rings (SSSR count). The van der Waals surface area contributed by atoms with Crippen LogP contribution in [0.5, 0.6) is 0 Å². The zero-order chi connectivity index (χ0) is 16.2. The molecule has 24 heavy (non-hydrogen) atoms. The second kappa shape index (κ2) is 7.01. The molecule has 2 fully saturated rings.